The zero-order valence-electron chi connectivity index (χ0n) is 9.60. The molecule has 1 rings (SSSR count). The Balaban J connectivity index is 2.78. The van der Waals surface area contributed by atoms with Crippen LogP contribution < -0.4 is 4.90 Å². The molecule has 0 aromatic carbocycles. The van der Waals surface area contributed by atoms with Crippen molar-refractivity contribution in [1.82, 2.24) is 0 Å². The van der Waals surface area contributed by atoms with Gasteiger partial charge in [0.05, 0.1) is 6.54 Å². The minimum Gasteiger partial charge on any atom is -0.443 e. The van der Waals surface area contributed by atoms with Crippen molar-refractivity contribution in [2.75, 3.05) is 11.4 Å². The van der Waals surface area contributed by atoms with Gasteiger partial charge in [0.1, 0.15) is 16.9 Å². The SMILES string of the molecule is CC(C)(C)OC(=O)N(CC=O)c1cccs1. The topological polar surface area (TPSA) is 46.6 Å². The fourth-order valence-corrected chi connectivity index (χ4v) is 1.80. The number of hydrogen-bond acceptors (Lipinski definition) is 4. The summed E-state index contributed by atoms with van der Waals surface area (Å²) in [5, 5.41) is 2.55. The molecular formula is C11H15NO3S. The largest absolute Gasteiger partial charge is 0.443 e. The highest BCUT2D eigenvalue weighted by molar-refractivity contribution is 7.14. The minimum absolute atomic E-state index is 0.00935. The van der Waals surface area contributed by atoms with Crippen molar-refractivity contribution in [3.8, 4) is 0 Å². The summed E-state index contributed by atoms with van der Waals surface area (Å²) in [7, 11) is 0. The monoisotopic (exact) mass is 241 g/mol. The van der Waals surface area contributed by atoms with Crippen LogP contribution in [0.5, 0.6) is 0 Å². The van der Waals surface area contributed by atoms with Crippen molar-refractivity contribution in [3.63, 3.8) is 0 Å². The van der Waals surface area contributed by atoms with Gasteiger partial charge in [0.15, 0.2) is 0 Å². The standard InChI is InChI=1S/C11H15NO3S/c1-11(2,3)15-10(14)12(6-7-13)9-5-4-8-16-9/h4-5,7-8H,6H2,1-3H3. The van der Waals surface area contributed by atoms with Crippen LogP contribution in [0.25, 0.3) is 0 Å². The lowest BCUT2D eigenvalue weighted by atomic mass is 10.2. The van der Waals surface area contributed by atoms with Crippen molar-refractivity contribution in [2.45, 2.75) is 26.4 Å². The number of carbonyl (C=O) groups is 2. The van der Waals surface area contributed by atoms with E-state index in [-0.39, 0.29) is 6.54 Å². The van der Waals surface area contributed by atoms with E-state index in [2.05, 4.69) is 0 Å². The summed E-state index contributed by atoms with van der Waals surface area (Å²) in [6, 6.07) is 3.60. The van der Waals surface area contributed by atoms with Crippen LogP contribution in [0, 0.1) is 0 Å². The van der Waals surface area contributed by atoms with Gasteiger partial charge in [0, 0.05) is 0 Å². The smallest absolute Gasteiger partial charge is 0.415 e. The second-order valence-corrected chi connectivity index (χ2v) is 5.14. The summed E-state index contributed by atoms with van der Waals surface area (Å²) >= 11 is 1.39. The Morgan fingerprint density at radius 2 is 2.25 bits per heavy atom. The zero-order valence-corrected chi connectivity index (χ0v) is 10.4. The van der Waals surface area contributed by atoms with Crippen LogP contribution in [0.4, 0.5) is 9.80 Å². The maximum absolute atomic E-state index is 11.8. The molecule has 0 saturated heterocycles. The molecule has 0 unspecified atom stereocenters. The van der Waals surface area contributed by atoms with Gasteiger partial charge < -0.3 is 9.53 Å². The van der Waals surface area contributed by atoms with Crippen LogP contribution in [-0.4, -0.2) is 24.5 Å². The third kappa shape index (κ3) is 3.66. The summed E-state index contributed by atoms with van der Waals surface area (Å²) in [6.45, 7) is 5.38. The molecule has 0 aliphatic rings. The van der Waals surface area contributed by atoms with Gasteiger partial charge in [-0.2, -0.15) is 0 Å². The molecule has 5 heteroatoms. The van der Waals surface area contributed by atoms with Crippen molar-refractivity contribution < 1.29 is 14.3 Å². The van der Waals surface area contributed by atoms with E-state index in [1.165, 1.54) is 16.2 Å². The van der Waals surface area contributed by atoms with Gasteiger partial charge in [0.25, 0.3) is 0 Å². The molecule has 0 aliphatic heterocycles. The van der Waals surface area contributed by atoms with Crippen LogP contribution >= 0.6 is 11.3 Å². The highest BCUT2D eigenvalue weighted by Gasteiger charge is 2.23. The van der Waals surface area contributed by atoms with Crippen molar-refractivity contribution in [2.24, 2.45) is 0 Å². The summed E-state index contributed by atoms with van der Waals surface area (Å²) in [5.41, 5.74) is -0.560. The van der Waals surface area contributed by atoms with Crippen LogP contribution in [-0.2, 0) is 9.53 Å². The van der Waals surface area contributed by atoms with E-state index in [0.717, 1.165) is 0 Å². The van der Waals surface area contributed by atoms with Gasteiger partial charge in [-0.05, 0) is 38.3 Å². The average Bonchev–Trinajstić information content (AvgIpc) is 2.63. The van der Waals surface area contributed by atoms with Gasteiger partial charge in [-0.15, -0.1) is 11.3 Å². The quantitative estimate of drug-likeness (QED) is 0.764. The number of hydrogen-bond donors (Lipinski definition) is 0. The number of aldehydes is 1. The zero-order chi connectivity index (χ0) is 12.2. The molecule has 0 fully saturated rings. The number of anilines is 1. The Hall–Kier alpha value is -1.36. The molecule has 0 atom stereocenters. The third-order valence-corrected chi connectivity index (χ3v) is 2.53. The second kappa shape index (κ2) is 5.12. The molecule has 0 saturated carbocycles. The molecule has 16 heavy (non-hydrogen) atoms. The number of nitrogens with zero attached hydrogens (tertiary/aromatic N) is 1. The van der Waals surface area contributed by atoms with E-state index in [9.17, 15) is 9.59 Å². The third-order valence-electron chi connectivity index (χ3n) is 1.64. The summed E-state index contributed by atoms with van der Waals surface area (Å²) < 4.78 is 5.21. The van der Waals surface area contributed by atoms with Gasteiger partial charge in [0.2, 0.25) is 0 Å². The van der Waals surface area contributed by atoms with Crippen LogP contribution in [0.2, 0.25) is 0 Å². The van der Waals surface area contributed by atoms with Crippen molar-refractivity contribution in [1.29, 1.82) is 0 Å². The van der Waals surface area contributed by atoms with Gasteiger partial charge >= 0.3 is 6.09 Å². The lowest BCUT2D eigenvalue weighted by Gasteiger charge is -2.25. The van der Waals surface area contributed by atoms with Crippen LogP contribution in [0.15, 0.2) is 17.5 Å². The van der Waals surface area contributed by atoms with E-state index >= 15 is 0 Å². The first-order valence-corrected chi connectivity index (χ1v) is 5.79. The van der Waals surface area contributed by atoms with Gasteiger partial charge in [-0.25, -0.2) is 4.79 Å². The Bertz CT molecular complexity index is 354. The fraction of sp³-hybridized carbons (Fsp3) is 0.455. The number of carbonyl (C=O) groups excluding carboxylic acids is 2. The molecule has 0 N–H and O–H groups in total. The molecule has 0 spiro atoms. The molecule has 0 aliphatic carbocycles. The molecular weight excluding hydrogens is 226 g/mol. The predicted octanol–water partition coefficient (Wildman–Crippen LogP) is 2.69. The van der Waals surface area contributed by atoms with Crippen LogP contribution in [0.3, 0.4) is 0 Å². The Morgan fingerprint density at radius 1 is 1.56 bits per heavy atom. The lowest BCUT2D eigenvalue weighted by molar-refractivity contribution is -0.106. The van der Waals surface area contributed by atoms with Crippen LogP contribution in [0.1, 0.15) is 20.8 Å². The average molecular weight is 241 g/mol. The first-order valence-electron chi connectivity index (χ1n) is 4.91. The summed E-state index contributed by atoms with van der Waals surface area (Å²) in [6.07, 6.45) is 0.186. The predicted molar refractivity (Wildman–Crippen MR) is 64.0 cm³/mol. The van der Waals surface area contributed by atoms with E-state index < -0.39 is 11.7 Å². The normalized spacial score (nSPS) is 10.9. The Kier molecular flexibility index (Phi) is 4.06. The molecule has 0 bridgehead atoms. The highest BCUT2D eigenvalue weighted by atomic mass is 32.1. The number of rotatable bonds is 3. The Morgan fingerprint density at radius 3 is 2.69 bits per heavy atom. The maximum Gasteiger partial charge on any atom is 0.415 e. The van der Waals surface area contributed by atoms with Gasteiger partial charge in [-0.1, -0.05) is 0 Å². The molecule has 1 heterocycles. The molecule has 1 amide bonds. The second-order valence-electron chi connectivity index (χ2n) is 4.21. The fourth-order valence-electron chi connectivity index (χ4n) is 1.07. The van der Waals surface area contributed by atoms with Crippen molar-refractivity contribution in [3.05, 3.63) is 17.5 Å². The van der Waals surface area contributed by atoms with Gasteiger partial charge in [-0.3, -0.25) is 4.90 Å². The molecule has 4 nitrogen and oxygen atoms in total. The lowest BCUT2D eigenvalue weighted by Crippen LogP contribution is -2.37. The Labute approximate surface area is 98.8 Å². The molecule has 1 aromatic heterocycles. The molecule has 0 radical (unpaired) electrons. The summed E-state index contributed by atoms with van der Waals surface area (Å²) in [4.78, 5) is 23.7. The van der Waals surface area contributed by atoms with E-state index in [4.69, 9.17) is 4.74 Å². The molecule has 1 aromatic rings. The number of amides is 1. The maximum atomic E-state index is 11.8. The van der Waals surface area contributed by atoms with Crippen molar-refractivity contribution >= 4 is 28.7 Å². The van der Waals surface area contributed by atoms with E-state index in [1.54, 1.807) is 26.8 Å². The first kappa shape index (κ1) is 12.7. The highest BCUT2D eigenvalue weighted by Crippen LogP contribution is 2.22. The number of ether oxygens (including phenoxy) is 1. The summed E-state index contributed by atoms with van der Waals surface area (Å²) in [5.74, 6) is 0. The molecule has 88 valence electrons. The first-order chi connectivity index (χ1) is 7.44. The number of thiophene rings is 1. The van der Waals surface area contributed by atoms with E-state index in [0.29, 0.717) is 11.3 Å². The van der Waals surface area contributed by atoms with E-state index in [1.807, 2.05) is 11.4 Å². The minimum atomic E-state index is -0.560.